The minimum atomic E-state index is -4.30. The molecule has 52 heavy (non-hydrogen) atoms. The molecule has 0 radical (unpaired) electrons. The van der Waals surface area contributed by atoms with Gasteiger partial charge in [0, 0.05) is 24.2 Å². The lowest BCUT2D eigenvalue weighted by atomic mass is 9.96. The second-order valence-electron chi connectivity index (χ2n) is 12.1. The summed E-state index contributed by atoms with van der Waals surface area (Å²) in [6.07, 6.45) is 0. The van der Waals surface area contributed by atoms with Crippen molar-refractivity contribution in [2.45, 2.75) is 24.5 Å². The Balaban J connectivity index is 1.40. The summed E-state index contributed by atoms with van der Waals surface area (Å²) in [6, 6.07) is 32.3. The second-order valence-corrected chi connectivity index (χ2v) is 14.0. The summed E-state index contributed by atoms with van der Waals surface area (Å²) in [4.78, 5) is 12.7. The number of para-hydroxylation sites is 1. The van der Waals surface area contributed by atoms with Crippen LogP contribution in [0.2, 0.25) is 0 Å². The summed E-state index contributed by atoms with van der Waals surface area (Å²) in [5.41, 5.74) is 4.12. The lowest BCUT2D eigenvalue weighted by molar-refractivity contribution is 0.0961. The molecule has 0 spiro atoms. The molecule has 12 nitrogen and oxygen atoms in total. The molecule has 1 aliphatic heterocycles. The Morgan fingerprint density at radius 3 is 1.79 bits per heavy atom. The molecule has 13 heteroatoms. The first-order valence-electron chi connectivity index (χ1n) is 16.4. The van der Waals surface area contributed by atoms with Crippen molar-refractivity contribution in [1.29, 1.82) is 0 Å². The predicted molar refractivity (Wildman–Crippen MR) is 193 cm³/mol. The molecule has 5 aromatic carbocycles. The number of tetrazole rings is 1. The maximum absolute atomic E-state index is 15.2. The Kier molecular flexibility index (Phi) is 9.70. The molecule has 1 aliphatic rings. The summed E-state index contributed by atoms with van der Waals surface area (Å²) in [5.74, 6) is 2.45. The van der Waals surface area contributed by atoms with Crippen LogP contribution in [0.25, 0.3) is 22.5 Å². The van der Waals surface area contributed by atoms with Crippen LogP contribution in [0.15, 0.2) is 114 Å². The van der Waals surface area contributed by atoms with Crippen molar-refractivity contribution in [3.63, 3.8) is 0 Å². The molecular formula is C39H35N5O7S. The summed E-state index contributed by atoms with van der Waals surface area (Å²) >= 11 is 0. The van der Waals surface area contributed by atoms with E-state index in [0.717, 1.165) is 16.7 Å². The molecule has 0 N–H and O–H groups in total. The number of ketones is 1. The Hall–Kier alpha value is -6.05. The van der Waals surface area contributed by atoms with Crippen LogP contribution in [-0.2, 0) is 29.7 Å². The number of rotatable bonds is 13. The zero-order valence-electron chi connectivity index (χ0n) is 28.7. The fourth-order valence-electron chi connectivity index (χ4n) is 6.17. The monoisotopic (exact) mass is 717 g/mol. The Morgan fingerprint density at radius 1 is 0.692 bits per heavy atom. The Labute approximate surface area is 301 Å². The van der Waals surface area contributed by atoms with Crippen molar-refractivity contribution in [2.75, 3.05) is 27.9 Å². The first kappa shape index (κ1) is 34.4. The van der Waals surface area contributed by atoms with Gasteiger partial charge in [-0.2, -0.15) is 4.31 Å². The van der Waals surface area contributed by atoms with Crippen molar-refractivity contribution in [2.24, 2.45) is 0 Å². The Morgan fingerprint density at radius 2 is 1.21 bits per heavy atom. The number of fused-ring (bicyclic) bond motifs is 1. The summed E-state index contributed by atoms with van der Waals surface area (Å²) < 4.78 is 55.3. The van der Waals surface area contributed by atoms with Gasteiger partial charge in [-0.1, -0.05) is 60.7 Å². The molecule has 0 aliphatic carbocycles. The van der Waals surface area contributed by atoms with E-state index in [1.807, 2.05) is 48.5 Å². The van der Waals surface area contributed by atoms with Gasteiger partial charge < -0.3 is 18.9 Å². The SMILES string of the molecule is COc1ccc(CN(Cc2ccc(OC)cc2)S(=O)(=O)c2cccc(-c3cccc4c3OCC4=O)c2-c2nnnn2Cc2ccc(OC)cc2)cc1. The molecule has 7 rings (SSSR count). The highest BCUT2D eigenvalue weighted by molar-refractivity contribution is 7.89. The van der Waals surface area contributed by atoms with E-state index in [4.69, 9.17) is 18.9 Å². The first-order chi connectivity index (χ1) is 25.3. The maximum atomic E-state index is 15.2. The van der Waals surface area contributed by atoms with Crippen LogP contribution in [-0.4, -0.2) is 66.6 Å². The molecule has 0 bridgehead atoms. The van der Waals surface area contributed by atoms with Gasteiger partial charge in [0.1, 0.15) is 23.0 Å². The minimum Gasteiger partial charge on any atom is -0.497 e. The third kappa shape index (κ3) is 6.83. The number of carbonyl (C=O) groups is 1. The van der Waals surface area contributed by atoms with Gasteiger partial charge >= 0.3 is 0 Å². The first-order valence-corrected chi connectivity index (χ1v) is 17.8. The van der Waals surface area contributed by atoms with E-state index in [0.29, 0.717) is 39.7 Å². The highest BCUT2D eigenvalue weighted by Gasteiger charge is 2.33. The fraction of sp³-hybridized carbons (Fsp3) is 0.179. The van der Waals surface area contributed by atoms with E-state index >= 15 is 8.42 Å². The molecular weight excluding hydrogens is 683 g/mol. The molecule has 6 aromatic rings. The van der Waals surface area contributed by atoms with Crippen LogP contribution in [0.5, 0.6) is 23.0 Å². The summed E-state index contributed by atoms with van der Waals surface area (Å²) in [7, 11) is 0.450. The number of hydrogen-bond acceptors (Lipinski definition) is 10. The highest BCUT2D eigenvalue weighted by Crippen LogP contribution is 2.44. The average Bonchev–Trinajstić information content (AvgIpc) is 3.81. The molecule has 0 saturated carbocycles. The van der Waals surface area contributed by atoms with Gasteiger partial charge in [-0.15, -0.1) is 5.10 Å². The third-order valence-electron chi connectivity index (χ3n) is 8.88. The molecule has 2 heterocycles. The Bertz CT molecular complexity index is 2280. The van der Waals surface area contributed by atoms with E-state index in [9.17, 15) is 4.79 Å². The minimum absolute atomic E-state index is 0.0141. The highest BCUT2D eigenvalue weighted by atomic mass is 32.2. The van der Waals surface area contributed by atoms with E-state index < -0.39 is 10.0 Å². The number of nitrogens with zero attached hydrogens (tertiary/aromatic N) is 5. The molecule has 0 fully saturated rings. The van der Waals surface area contributed by atoms with Crippen LogP contribution in [0.3, 0.4) is 0 Å². The van der Waals surface area contributed by atoms with E-state index in [1.165, 1.54) is 4.31 Å². The number of aromatic nitrogens is 4. The van der Waals surface area contributed by atoms with Crippen LogP contribution >= 0.6 is 0 Å². The zero-order chi connectivity index (χ0) is 36.2. The number of hydrogen-bond donors (Lipinski definition) is 0. The lowest BCUT2D eigenvalue weighted by Crippen LogP contribution is -2.31. The quantitative estimate of drug-likeness (QED) is 0.139. The van der Waals surface area contributed by atoms with E-state index in [-0.39, 0.29) is 48.3 Å². The standard InChI is InChI=1S/C39H35N5O7S/c1-48-29-16-10-26(11-17-29)22-43(23-27-12-18-30(49-2)19-13-27)52(46,47)36-9-5-6-32(33-7-4-8-34-35(45)25-51-38(33)34)37(36)39-40-41-42-44(39)24-28-14-20-31(50-3)21-15-28/h4-21H,22-25H2,1-3H3. The van der Waals surface area contributed by atoms with Gasteiger partial charge in [-0.25, -0.2) is 13.1 Å². The normalized spacial score (nSPS) is 12.4. The van der Waals surface area contributed by atoms with Gasteiger partial charge in [0.25, 0.3) is 0 Å². The van der Waals surface area contributed by atoms with Crippen LogP contribution in [0, 0.1) is 0 Å². The smallest absolute Gasteiger partial charge is 0.244 e. The number of Topliss-reactive ketones (excluding diaryl/α,β-unsaturated/α-hetero) is 1. The maximum Gasteiger partial charge on any atom is 0.244 e. The summed E-state index contributed by atoms with van der Waals surface area (Å²) in [6.45, 7) is 0.240. The average molecular weight is 718 g/mol. The number of carbonyl (C=O) groups excluding carboxylic acids is 1. The van der Waals surface area contributed by atoms with Gasteiger partial charge in [-0.05, 0) is 81.2 Å². The molecule has 0 saturated heterocycles. The van der Waals surface area contributed by atoms with Gasteiger partial charge in [0.2, 0.25) is 15.8 Å². The number of sulfonamides is 1. The van der Waals surface area contributed by atoms with E-state index in [2.05, 4.69) is 15.5 Å². The molecule has 0 unspecified atom stereocenters. The van der Waals surface area contributed by atoms with Crippen molar-refractivity contribution in [1.82, 2.24) is 24.5 Å². The van der Waals surface area contributed by atoms with Crippen LogP contribution in [0.1, 0.15) is 27.0 Å². The van der Waals surface area contributed by atoms with Gasteiger partial charge in [0.05, 0.1) is 38.3 Å². The topological polar surface area (TPSA) is 135 Å². The predicted octanol–water partition coefficient (Wildman–Crippen LogP) is 6.05. The van der Waals surface area contributed by atoms with Crippen molar-refractivity contribution in [3.05, 3.63) is 131 Å². The lowest BCUT2D eigenvalue weighted by Gasteiger charge is -2.25. The molecule has 0 amide bonds. The van der Waals surface area contributed by atoms with Crippen LogP contribution in [0.4, 0.5) is 0 Å². The third-order valence-corrected chi connectivity index (χ3v) is 10.7. The van der Waals surface area contributed by atoms with Gasteiger partial charge in [0.15, 0.2) is 12.4 Å². The van der Waals surface area contributed by atoms with Crippen molar-refractivity contribution < 1.29 is 32.2 Å². The van der Waals surface area contributed by atoms with Crippen molar-refractivity contribution >= 4 is 15.8 Å². The molecule has 264 valence electrons. The largest absolute Gasteiger partial charge is 0.497 e. The number of ether oxygens (including phenoxy) is 4. The molecule has 0 atom stereocenters. The number of benzene rings is 5. The zero-order valence-corrected chi connectivity index (χ0v) is 29.5. The van der Waals surface area contributed by atoms with E-state index in [1.54, 1.807) is 86.7 Å². The van der Waals surface area contributed by atoms with Gasteiger partial charge in [-0.3, -0.25) is 4.79 Å². The van der Waals surface area contributed by atoms with Crippen molar-refractivity contribution in [3.8, 4) is 45.5 Å². The summed E-state index contributed by atoms with van der Waals surface area (Å²) in [5, 5.41) is 12.7. The fourth-order valence-corrected chi connectivity index (χ4v) is 7.79. The second kappa shape index (κ2) is 14.7. The molecule has 1 aromatic heterocycles. The van der Waals surface area contributed by atoms with Crippen LogP contribution < -0.4 is 18.9 Å². The number of methoxy groups -OCH3 is 3.